The van der Waals surface area contributed by atoms with Crippen LogP contribution < -0.4 is 18.9 Å². The summed E-state index contributed by atoms with van der Waals surface area (Å²) < 4.78 is 43.7. The van der Waals surface area contributed by atoms with Crippen LogP contribution in [0.5, 0.6) is 17.4 Å². The fourth-order valence-corrected chi connectivity index (χ4v) is 3.70. The molecule has 0 unspecified atom stereocenters. The highest BCUT2D eigenvalue weighted by Crippen LogP contribution is 2.30. The largest absolute Gasteiger partial charge is 0.493 e. The van der Waals surface area contributed by atoms with Gasteiger partial charge in [0.1, 0.15) is 0 Å². The van der Waals surface area contributed by atoms with Gasteiger partial charge in [-0.3, -0.25) is 4.72 Å². The Hall–Kier alpha value is -3.33. The highest BCUT2D eigenvalue weighted by molar-refractivity contribution is 7.92. The predicted octanol–water partition coefficient (Wildman–Crippen LogP) is 3.36. The molecule has 0 aliphatic carbocycles. The topological polar surface area (TPSA) is 99.6 Å². The zero-order valence-electron chi connectivity index (χ0n) is 16.2. The number of ether oxygens (including phenoxy) is 3. The molecule has 29 heavy (non-hydrogen) atoms. The molecule has 1 aromatic heterocycles. The van der Waals surface area contributed by atoms with Gasteiger partial charge >= 0.3 is 0 Å². The highest BCUT2D eigenvalue weighted by atomic mass is 32.2. The van der Waals surface area contributed by atoms with Crippen molar-refractivity contribution in [2.24, 2.45) is 0 Å². The van der Waals surface area contributed by atoms with Crippen molar-refractivity contribution < 1.29 is 22.6 Å². The second kappa shape index (κ2) is 8.78. The first-order valence-electron chi connectivity index (χ1n) is 8.78. The summed E-state index contributed by atoms with van der Waals surface area (Å²) in [7, 11) is -0.892. The van der Waals surface area contributed by atoms with Crippen LogP contribution >= 0.6 is 0 Å². The molecule has 0 fully saturated rings. The summed E-state index contributed by atoms with van der Waals surface area (Å²) in [5, 5.41) is 8.12. The number of methoxy groups -OCH3 is 2. The molecule has 0 radical (unpaired) electrons. The SMILES string of the molecule is CCOc1ccc(-c2cccc(NS(=O)(=O)c3ccc(OC)c(OC)c3)c2)nn1. The Balaban J connectivity index is 1.85. The van der Waals surface area contributed by atoms with Gasteiger partial charge in [0.05, 0.1) is 31.4 Å². The van der Waals surface area contributed by atoms with E-state index in [9.17, 15) is 8.42 Å². The molecule has 0 aliphatic heterocycles. The molecule has 0 spiro atoms. The summed E-state index contributed by atoms with van der Waals surface area (Å²) in [4.78, 5) is 0.0569. The molecule has 3 aromatic rings. The van der Waals surface area contributed by atoms with Crippen molar-refractivity contribution in [3.8, 4) is 28.6 Å². The van der Waals surface area contributed by atoms with Crippen molar-refractivity contribution in [1.29, 1.82) is 0 Å². The number of hydrogen-bond donors (Lipinski definition) is 1. The zero-order valence-corrected chi connectivity index (χ0v) is 17.1. The Morgan fingerprint density at radius 3 is 2.38 bits per heavy atom. The normalized spacial score (nSPS) is 11.0. The Morgan fingerprint density at radius 2 is 1.72 bits per heavy atom. The maximum atomic E-state index is 12.8. The molecule has 8 nitrogen and oxygen atoms in total. The summed E-state index contributed by atoms with van der Waals surface area (Å²) >= 11 is 0. The smallest absolute Gasteiger partial charge is 0.262 e. The van der Waals surface area contributed by atoms with E-state index in [0.717, 1.165) is 0 Å². The Kier molecular flexibility index (Phi) is 6.18. The molecule has 0 bridgehead atoms. The summed E-state index contributed by atoms with van der Waals surface area (Å²) in [6.45, 7) is 2.37. The van der Waals surface area contributed by atoms with Crippen LogP contribution in [0.1, 0.15) is 6.92 Å². The number of anilines is 1. The van der Waals surface area contributed by atoms with Gasteiger partial charge in [-0.05, 0) is 37.3 Å². The van der Waals surface area contributed by atoms with E-state index in [1.165, 1.54) is 26.4 Å². The van der Waals surface area contributed by atoms with E-state index in [1.54, 1.807) is 36.4 Å². The lowest BCUT2D eigenvalue weighted by molar-refractivity contribution is 0.323. The number of nitrogens with zero attached hydrogens (tertiary/aromatic N) is 2. The summed E-state index contributed by atoms with van der Waals surface area (Å²) in [6, 6.07) is 14.8. The minimum Gasteiger partial charge on any atom is -0.493 e. The number of benzene rings is 2. The van der Waals surface area contributed by atoms with Crippen LogP contribution in [0.2, 0.25) is 0 Å². The van der Waals surface area contributed by atoms with Crippen LogP contribution in [-0.4, -0.2) is 39.4 Å². The van der Waals surface area contributed by atoms with Gasteiger partial charge < -0.3 is 14.2 Å². The molecule has 0 saturated carbocycles. The maximum absolute atomic E-state index is 12.8. The second-order valence-corrected chi connectivity index (χ2v) is 7.58. The van der Waals surface area contributed by atoms with Gasteiger partial charge in [0.2, 0.25) is 5.88 Å². The molecule has 3 rings (SSSR count). The minimum atomic E-state index is -3.83. The van der Waals surface area contributed by atoms with Gasteiger partial charge in [0, 0.05) is 23.4 Å². The van der Waals surface area contributed by atoms with Gasteiger partial charge in [-0.1, -0.05) is 12.1 Å². The van der Waals surface area contributed by atoms with Crippen molar-refractivity contribution in [2.75, 3.05) is 25.5 Å². The van der Waals surface area contributed by atoms with Gasteiger partial charge in [-0.15, -0.1) is 10.2 Å². The molecule has 0 atom stereocenters. The van der Waals surface area contributed by atoms with E-state index in [1.807, 2.05) is 13.0 Å². The lowest BCUT2D eigenvalue weighted by Gasteiger charge is -2.12. The van der Waals surface area contributed by atoms with Crippen molar-refractivity contribution in [3.63, 3.8) is 0 Å². The summed E-state index contributed by atoms with van der Waals surface area (Å²) in [5.74, 6) is 1.21. The van der Waals surface area contributed by atoms with Crippen LogP contribution in [0.3, 0.4) is 0 Å². The number of nitrogens with one attached hydrogen (secondary N) is 1. The second-order valence-electron chi connectivity index (χ2n) is 5.89. The Bertz CT molecular complexity index is 1090. The van der Waals surface area contributed by atoms with E-state index < -0.39 is 10.0 Å². The van der Waals surface area contributed by atoms with Crippen molar-refractivity contribution in [1.82, 2.24) is 10.2 Å². The van der Waals surface area contributed by atoms with Gasteiger partial charge in [0.25, 0.3) is 10.0 Å². The van der Waals surface area contributed by atoms with E-state index in [0.29, 0.717) is 40.9 Å². The van der Waals surface area contributed by atoms with Crippen LogP contribution in [0.15, 0.2) is 59.5 Å². The minimum absolute atomic E-state index is 0.0569. The molecule has 9 heteroatoms. The molecule has 152 valence electrons. The van der Waals surface area contributed by atoms with Crippen molar-refractivity contribution >= 4 is 15.7 Å². The third-order valence-electron chi connectivity index (χ3n) is 4.01. The molecule has 0 aliphatic rings. The third-order valence-corrected chi connectivity index (χ3v) is 5.39. The maximum Gasteiger partial charge on any atom is 0.262 e. The lowest BCUT2D eigenvalue weighted by atomic mass is 10.1. The first-order chi connectivity index (χ1) is 14.0. The summed E-state index contributed by atoms with van der Waals surface area (Å²) in [5.41, 5.74) is 1.71. The van der Waals surface area contributed by atoms with Crippen molar-refractivity contribution in [3.05, 3.63) is 54.6 Å². The van der Waals surface area contributed by atoms with Gasteiger partial charge in [0.15, 0.2) is 11.5 Å². The number of aromatic nitrogens is 2. The molecular formula is C20H21N3O5S. The van der Waals surface area contributed by atoms with Crippen molar-refractivity contribution in [2.45, 2.75) is 11.8 Å². The monoisotopic (exact) mass is 415 g/mol. The molecule has 2 aromatic carbocycles. The number of sulfonamides is 1. The Morgan fingerprint density at radius 1 is 0.931 bits per heavy atom. The van der Waals surface area contributed by atoms with Gasteiger partial charge in [-0.2, -0.15) is 0 Å². The van der Waals surface area contributed by atoms with E-state index in [2.05, 4.69) is 14.9 Å². The molecule has 0 amide bonds. The molecule has 1 heterocycles. The fourth-order valence-electron chi connectivity index (χ4n) is 2.64. The fraction of sp³-hybridized carbons (Fsp3) is 0.200. The first kappa shape index (κ1) is 20.4. The van der Waals surface area contributed by atoms with Crippen LogP contribution in [0.25, 0.3) is 11.3 Å². The van der Waals surface area contributed by atoms with E-state index >= 15 is 0 Å². The number of hydrogen-bond acceptors (Lipinski definition) is 7. The zero-order chi connectivity index (χ0) is 20.9. The quantitative estimate of drug-likeness (QED) is 0.602. The predicted molar refractivity (Wildman–Crippen MR) is 109 cm³/mol. The van der Waals surface area contributed by atoms with E-state index in [4.69, 9.17) is 14.2 Å². The average molecular weight is 415 g/mol. The molecule has 0 saturated heterocycles. The van der Waals surface area contributed by atoms with E-state index in [-0.39, 0.29) is 4.90 Å². The Labute approximate surface area is 169 Å². The van der Waals surface area contributed by atoms with Gasteiger partial charge in [-0.25, -0.2) is 8.42 Å². The van der Waals surface area contributed by atoms with Crippen LogP contribution in [-0.2, 0) is 10.0 Å². The summed E-state index contributed by atoms with van der Waals surface area (Å²) in [6.07, 6.45) is 0. The highest BCUT2D eigenvalue weighted by Gasteiger charge is 2.17. The standard InChI is InChI=1S/C20H21N3O5S/c1-4-28-20-11-9-17(21-22-20)14-6-5-7-15(12-14)23-29(24,25)16-8-10-18(26-2)19(13-16)27-3/h5-13,23H,4H2,1-3H3. The number of rotatable bonds is 8. The van der Waals surface area contributed by atoms with Crippen LogP contribution in [0.4, 0.5) is 5.69 Å². The average Bonchev–Trinajstić information content (AvgIpc) is 2.74. The molecular weight excluding hydrogens is 394 g/mol. The lowest BCUT2D eigenvalue weighted by Crippen LogP contribution is -2.13. The van der Waals surface area contributed by atoms with Crippen LogP contribution in [0, 0.1) is 0 Å². The molecule has 1 N–H and O–H groups in total. The third kappa shape index (κ3) is 4.75. The first-order valence-corrected chi connectivity index (χ1v) is 10.3.